The van der Waals surface area contributed by atoms with Crippen LogP contribution >= 0.6 is 11.9 Å². The molecule has 0 saturated heterocycles. The van der Waals surface area contributed by atoms with Gasteiger partial charge in [0.2, 0.25) is 0 Å². The third-order valence-corrected chi connectivity index (χ3v) is 6.71. The molecule has 4 aromatic rings. The van der Waals surface area contributed by atoms with Crippen molar-refractivity contribution in [1.82, 2.24) is 14.6 Å². The molecule has 0 aliphatic heterocycles. The van der Waals surface area contributed by atoms with Crippen molar-refractivity contribution in [2.45, 2.75) is 30.7 Å². The number of ether oxygens (including phenoxy) is 1. The molecule has 4 rings (SSSR count). The summed E-state index contributed by atoms with van der Waals surface area (Å²) >= 11 is 1.66. The molecule has 1 heterocycles. The van der Waals surface area contributed by atoms with Crippen LogP contribution in [0.4, 0.5) is 0 Å². The number of amides is 1. The van der Waals surface area contributed by atoms with E-state index in [1.807, 2.05) is 74.0 Å². The lowest BCUT2D eigenvalue weighted by molar-refractivity contribution is 0.0912. The van der Waals surface area contributed by atoms with Gasteiger partial charge in [0.25, 0.3) is 5.91 Å². The van der Waals surface area contributed by atoms with Gasteiger partial charge in [0.1, 0.15) is 5.75 Å². The van der Waals surface area contributed by atoms with E-state index < -0.39 is 6.04 Å². The molecule has 0 aliphatic carbocycles. The Morgan fingerprint density at radius 1 is 1.08 bits per heavy atom. The Hall–Kier alpha value is -3.26. The minimum Gasteiger partial charge on any atom is -0.493 e. The number of para-hydroxylation sites is 1. The van der Waals surface area contributed by atoms with Crippen molar-refractivity contribution in [3.05, 3.63) is 84.1 Å². The van der Waals surface area contributed by atoms with Gasteiger partial charge in [-0.3, -0.25) is 9.10 Å². The topological polar surface area (TPSA) is 77.6 Å². The summed E-state index contributed by atoms with van der Waals surface area (Å²) in [6.45, 7) is 2.39. The Labute approximate surface area is 216 Å². The largest absolute Gasteiger partial charge is 0.493 e. The minimum atomic E-state index is -0.429. The lowest BCUT2D eigenvalue weighted by atomic mass is 10.0. The molecule has 0 aliphatic rings. The number of benzene rings is 3. The first kappa shape index (κ1) is 25.8. The van der Waals surface area contributed by atoms with E-state index in [-0.39, 0.29) is 12.5 Å². The molecule has 36 heavy (non-hydrogen) atoms. The van der Waals surface area contributed by atoms with Crippen molar-refractivity contribution in [2.75, 3.05) is 27.3 Å². The Kier molecular flexibility index (Phi) is 8.70. The molecule has 188 valence electrons. The van der Waals surface area contributed by atoms with Crippen molar-refractivity contribution in [2.24, 2.45) is 0 Å². The van der Waals surface area contributed by atoms with Crippen LogP contribution in [0.25, 0.3) is 22.0 Å². The van der Waals surface area contributed by atoms with E-state index in [0.29, 0.717) is 24.3 Å². The maximum absolute atomic E-state index is 13.4. The fourth-order valence-corrected chi connectivity index (χ4v) is 4.81. The SMILES string of the molecule is CCCOc1ccc(-c2ccc(SN(C)C)cc2)cc1C(=O)N[C@@H](CO)Cc1c[nH]c2ccccc12. The molecule has 0 radical (unpaired) electrons. The summed E-state index contributed by atoms with van der Waals surface area (Å²) in [5.41, 5.74) is 4.50. The summed E-state index contributed by atoms with van der Waals surface area (Å²) in [5.74, 6) is 0.281. The Morgan fingerprint density at radius 2 is 1.83 bits per heavy atom. The number of hydrogen-bond donors (Lipinski definition) is 3. The van der Waals surface area contributed by atoms with Crippen LogP contribution in [0.3, 0.4) is 0 Å². The molecular formula is C29H33N3O3S. The number of aliphatic hydroxyl groups excluding tert-OH is 1. The molecule has 7 heteroatoms. The maximum atomic E-state index is 13.4. The van der Waals surface area contributed by atoms with E-state index in [9.17, 15) is 9.90 Å². The van der Waals surface area contributed by atoms with Gasteiger partial charge in [-0.15, -0.1) is 0 Å². The second-order valence-electron chi connectivity index (χ2n) is 8.90. The average molecular weight is 504 g/mol. The van der Waals surface area contributed by atoms with Crippen molar-refractivity contribution >= 4 is 28.8 Å². The molecule has 1 atom stereocenters. The van der Waals surface area contributed by atoms with E-state index in [0.717, 1.165) is 38.9 Å². The van der Waals surface area contributed by atoms with Gasteiger partial charge in [0.15, 0.2) is 0 Å². The predicted molar refractivity (Wildman–Crippen MR) is 148 cm³/mol. The number of hydrogen-bond acceptors (Lipinski definition) is 5. The molecular weight excluding hydrogens is 470 g/mol. The summed E-state index contributed by atoms with van der Waals surface area (Å²) in [5, 5.41) is 14.2. The highest BCUT2D eigenvalue weighted by atomic mass is 32.2. The van der Waals surface area contributed by atoms with Crippen molar-refractivity contribution in [3.63, 3.8) is 0 Å². The average Bonchev–Trinajstić information content (AvgIpc) is 3.29. The molecule has 0 fully saturated rings. The van der Waals surface area contributed by atoms with Crippen molar-refractivity contribution < 1.29 is 14.6 Å². The van der Waals surface area contributed by atoms with Gasteiger partial charge in [-0.2, -0.15) is 0 Å². The third-order valence-electron chi connectivity index (χ3n) is 5.86. The van der Waals surface area contributed by atoms with Crippen LogP contribution in [0.15, 0.2) is 77.8 Å². The van der Waals surface area contributed by atoms with Crippen molar-refractivity contribution in [1.29, 1.82) is 0 Å². The van der Waals surface area contributed by atoms with Crippen LogP contribution in [0, 0.1) is 0 Å². The first-order valence-electron chi connectivity index (χ1n) is 12.2. The number of rotatable bonds is 11. The zero-order chi connectivity index (χ0) is 25.5. The summed E-state index contributed by atoms with van der Waals surface area (Å²) < 4.78 is 7.95. The fourth-order valence-electron chi connectivity index (χ4n) is 4.13. The minimum absolute atomic E-state index is 0.166. The van der Waals surface area contributed by atoms with Crippen LogP contribution < -0.4 is 10.1 Å². The molecule has 6 nitrogen and oxygen atoms in total. The van der Waals surface area contributed by atoms with Crippen molar-refractivity contribution in [3.8, 4) is 16.9 Å². The Balaban J connectivity index is 1.56. The van der Waals surface area contributed by atoms with Gasteiger partial charge >= 0.3 is 0 Å². The number of aromatic nitrogens is 1. The van der Waals surface area contributed by atoms with E-state index >= 15 is 0 Å². The first-order chi connectivity index (χ1) is 17.5. The zero-order valence-corrected chi connectivity index (χ0v) is 21.8. The number of aliphatic hydroxyl groups is 1. The number of carbonyl (C=O) groups excluding carboxylic acids is 1. The molecule has 0 spiro atoms. The summed E-state index contributed by atoms with van der Waals surface area (Å²) in [6, 6.07) is 21.6. The molecule has 3 aromatic carbocycles. The number of aromatic amines is 1. The van der Waals surface area contributed by atoms with Crippen LogP contribution in [-0.2, 0) is 6.42 Å². The van der Waals surface area contributed by atoms with E-state index in [4.69, 9.17) is 4.74 Å². The monoisotopic (exact) mass is 503 g/mol. The summed E-state index contributed by atoms with van der Waals surface area (Å²) in [6.07, 6.45) is 3.30. The number of nitrogens with zero attached hydrogens (tertiary/aromatic N) is 1. The van der Waals surface area contributed by atoms with Gasteiger partial charge < -0.3 is 20.1 Å². The lowest BCUT2D eigenvalue weighted by Gasteiger charge is -2.18. The number of carbonyl (C=O) groups is 1. The molecule has 1 amide bonds. The Morgan fingerprint density at radius 3 is 2.56 bits per heavy atom. The molecule has 0 unspecified atom stereocenters. The zero-order valence-electron chi connectivity index (χ0n) is 21.0. The molecule has 1 aromatic heterocycles. The fraction of sp³-hybridized carbons (Fsp3) is 0.276. The predicted octanol–water partition coefficient (Wildman–Crippen LogP) is 5.53. The summed E-state index contributed by atoms with van der Waals surface area (Å²) in [4.78, 5) is 17.8. The van der Waals surface area contributed by atoms with E-state index in [1.165, 1.54) is 0 Å². The molecule has 0 bridgehead atoms. The van der Waals surface area contributed by atoms with Crippen LogP contribution in [0.5, 0.6) is 5.75 Å². The standard InChI is InChI=1S/C29H33N3O3S/c1-4-15-35-28-14-11-21(20-9-12-24(13-10-20)36-32(2)3)17-26(28)29(34)31-23(19-33)16-22-18-30-27-8-6-5-7-25(22)27/h5-14,17-18,23,30,33H,4,15-16,19H2,1-3H3,(H,31,34)/t23-/m1/s1. The highest BCUT2D eigenvalue weighted by Crippen LogP contribution is 2.29. The van der Waals surface area contributed by atoms with Gasteiger partial charge in [-0.25, -0.2) is 0 Å². The number of nitrogens with one attached hydrogen (secondary N) is 2. The normalized spacial score (nSPS) is 12.1. The molecule has 3 N–H and O–H groups in total. The first-order valence-corrected chi connectivity index (χ1v) is 12.9. The smallest absolute Gasteiger partial charge is 0.255 e. The highest BCUT2D eigenvalue weighted by Gasteiger charge is 2.19. The van der Waals surface area contributed by atoms with Crippen LogP contribution in [0.2, 0.25) is 0 Å². The van der Waals surface area contributed by atoms with Gasteiger partial charge in [-0.1, -0.05) is 43.3 Å². The summed E-state index contributed by atoms with van der Waals surface area (Å²) in [7, 11) is 4.02. The van der Waals surface area contributed by atoms with Gasteiger partial charge in [0.05, 0.1) is 24.8 Å². The quantitative estimate of drug-likeness (QED) is 0.235. The van der Waals surface area contributed by atoms with E-state index in [2.05, 4.69) is 34.6 Å². The second-order valence-corrected chi connectivity index (χ2v) is 10.3. The van der Waals surface area contributed by atoms with Gasteiger partial charge in [-0.05, 0) is 85.9 Å². The number of H-pyrrole nitrogens is 1. The number of fused-ring (bicyclic) bond motifs is 1. The second kappa shape index (κ2) is 12.1. The Bertz CT molecular complexity index is 1300. The van der Waals surface area contributed by atoms with Gasteiger partial charge in [0, 0.05) is 22.0 Å². The lowest BCUT2D eigenvalue weighted by Crippen LogP contribution is -2.39. The molecule has 0 saturated carbocycles. The van der Waals surface area contributed by atoms with Crippen LogP contribution in [-0.4, -0.2) is 53.7 Å². The van der Waals surface area contributed by atoms with Crippen LogP contribution in [0.1, 0.15) is 29.3 Å². The maximum Gasteiger partial charge on any atom is 0.255 e. The third kappa shape index (κ3) is 6.29. The van der Waals surface area contributed by atoms with E-state index in [1.54, 1.807) is 11.9 Å². The highest BCUT2D eigenvalue weighted by molar-refractivity contribution is 7.97.